The van der Waals surface area contributed by atoms with Crippen molar-refractivity contribution in [1.82, 2.24) is 17.8 Å². The van der Waals surface area contributed by atoms with Crippen molar-refractivity contribution in [1.29, 1.82) is 0 Å². The van der Waals surface area contributed by atoms with Gasteiger partial charge in [0.05, 0.1) is 6.10 Å². The lowest BCUT2D eigenvalue weighted by atomic mass is 10.3. The van der Waals surface area contributed by atoms with Gasteiger partial charge in [-0.25, -0.2) is 3.11 Å². The van der Waals surface area contributed by atoms with Gasteiger partial charge in [-0.2, -0.15) is 0 Å². The molecule has 5 nitrogen and oxygen atoms in total. The Morgan fingerprint density at radius 2 is 1.45 bits per heavy atom. The topological polar surface area (TPSA) is 33.2 Å². The van der Waals surface area contributed by atoms with Crippen LogP contribution in [-0.4, -0.2) is 102 Å². The summed E-state index contributed by atoms with van der Waals surface area (Å²) in [5, 5.41) is 9.61. The quantitative estimate of drug-likeness (QED) is 0.556. The third-order valence-corrected chi connectivity index (χ3v) is 4.85. The first-order chi connectivity index (χ1) is 9.51. The minimum atomic E-state index is -0.244. The smallest absolute Gasteiger partial charge is 0.0639 e. The summed E-state index contributed by atoms with van der Waals surface area (Å²) in [4.78, 5) is 7.31. The largest absolute Gasteiger partial charge is 0.392 e. The van der Waals surface area contributed by atoms with Gasteiger partial charge >= 0.3 is 0 Å². The van der Waals surface area contributed by atoms with E-state index in [4.69, 9.17) is 0 Å². The van der Waals surface area contributed by atoms with Crippen molar-refractivity contribution in [2.45, 2.75) is 20.0 Å². The Balaban J connectivity index is 2.52. The van der Waals surface area contributed by atoms with Crippen molar-refractivity contribution < 1.29 is 5.11 Å². The number of nitrogens with zero attached hydrogens (tertiary/aromatic N) is 4. The van der Waals surface area contributed by atoms with E-state index in [0.717, 1.165) is 65.4 Å². The molecule has 120 valence electrons. The molecule has 0 amide bonds. The molecular formula is C14H31IN4O. The van der Waals surface area contributed by atoms with E-state index in [1.165, 1.54) is 0 Å². The maximum Gasteiger partial charge on any atom is 0.0639 e. The van der Waals surface area contributed by atoms with Crippen LogP contribution >= 0.6 is 22.9 Å². The molecule has 1 heterocycles. The Bertz CT molecular complexity index is 237. The molecule has 0 aromatic heterocycles. The molecular weight excluding hydrogens is 367 g/mol. The zero-order valence-corrected chi connectivity index (χ0v) is 15.4. The molecule has 1 N–H and O–H groups in total. The monoisotopic (exact) mass is 398 g/mol. The van der Waals surface area contributed by atoms with E-state index in [9.17, 15) is 5.11 Å². The molecule has 0 aromatic rings. The molecule has 0 radical (unpaired) electrons. The van der Waals surface area contributed by atoms with Crippen molar-refractivity contribution in [2.24, 2.45) is 0 Å². The third-order valence-electron chi connectivity index (χ3n) is 3.88. The van der Waals surface area contributed by atoms with Gasteiger partial charge in [-0.3, -0.25) is 4.90 Å². The summed E-state index contributed by atoms with van der Waals surface area (Å²) < 4.78 is 2.38. The lowest BCUT2D eigenvalue weighted by molar-refractivity contribution is 0.112. The Morgan fingerprint density at radius 1 is 0.950 bits per heavy atom. The van der Waals surface area contributed by atoms with E-state index < -0.39 is 0 Å². The predicted molar refractivity (Wildman–Crippen MR) is 93.3 cm³/mol. The number of hydrogen-bond acceptors (Lipinski definition) is 5. The SMILES string of the molecule is CCN1CCN(C)CCN(CC(C)O)CCN(I)CC1. The first-order valence-corrected chi connectivity index (χ1v) is 8.69. The van der Waals surface area contributed by atoms with E-state index >= 15 is 0 Å². The van der Waals surface area contributed by atoms with Crippen LogP contribution in [0.25, 0.3) is 0 Å². The van der Waals surface area contributed by atoms with Crippen LogP contribution in [0.3, 0.4) is 0 Å². The van der Waals surface area contributed by atoms with Crippen LogP contribution in [0, 0.1) is 0 Å². The lowest BCUT2D eigenvalue weighted by Crippen LogP contribution is -2.44. The third kappa shape index (κ3) is 8.09. The molecule has 6 heteroatoms. The Kier molecular flexibility index (Phi) is 9.56. The van der Waals surface area contributed by atoms with Gasteiger partial charge in [0.15, 0.2) is 0 Å². The van der Waals surface area contributed by atoms with Crippen molar-refractivity contribution in [3.05, 3.63) is 0 Å². The van der Waals surface area contributed by atoms with Crippen LogP contribution in [-0.2, 0) is 0 Å². The van der Waals surface area contributed by atoms with E-state index in [-0.39, 0.29) is 6.10 Å². The van der Waals surface area contributed by atoms with Gasteiger partial charge in [-0.15, -0.1) is 0 Å². The average Bonchev–Trinajstić information content (AvgIpc) is 2.40. The van der Waals surface area contributed by atoms with Crippen LogP contribution in [0.2, 0.25) is 0 Å². The standard InChI is InChI=1S/C14H31IN4O/c1-4-17-7-5-16(3)6-8-18(13-14(2)20)10-12-19(15)11-9-17/h14,20H,4-13H2,1-3H3. The average molecular weight is 398 g/mol. The van der Waals surface area contributed by atoms with Crippen LogP contribution in [0.15, 0.2) is 0 Å². The molecule has 1 unspecified atom stereocenters. The zero-order valence-electron chi connectivity index (χ0n) is 13.3. The maximum absolute atomic E-state index is 9.61. The van der Waals surface area contributed by atoms with Gasteiger partial charge < -0.3 is 14.9 Å². The second kappa shape index (κ2) is 10.3. The minimum absolute atomic E-state index is 0.244. The normalized spacial score (nSPS) is 25.1. The van der Waals surface area contributed by atoms with E-state index in [1.807, 2.05) is 6.92 Å². The summed E-state index contributed by atoms with van der Waals surface area (Å²) in [6.45, 7) is 14.8. The van der Waals surface area contributed by atoms with E-state index in [1.54, 1.807) is 0 Å². The summed E-state index contributed by atoms with van der Waals surface area (Å²) in [6.07, 6.45) is -0.244. The predicted octanol–water partition coefficient (Wildman–Crippen LogP) is 0.589. The first kappa shape index (κ1) is 18.6. The summed E-state index contributed by atoms with van der Waals surface area (Å²) in [5.74, 6) is 0. The minimum Gasteiger partial charge on any atom is -0.392 e. The fraction of sp³-hybridized carbons (Fsp3) is 1.00. The van der Waals surface area contributed by atoms with E-state index in [0.29, 0.717) is 0 Å². The molecule has 1 aliphatic heterocycles. The fourth-order valence-corrected chi connectivity index (χ4v) is 2.88. The molecule has 0 aromatic carbocycles. The van der Waals surface area contributed by atoms with Gasteiger partial charge in [0, 0.05) is 81.8 Å². The lowest BCUT2D eigenvalue weighted by Gasteiger charge is -2.31. The summed E-state index contributed by atoms with van der Waals surface area (Å²) in [7, 11) is 2.20. The van der Waals surface area contributed by atoms with Gasteiger partial charge in [0.1, 0.15) is 0 Å². The Hall–Kier alpha value is 0.530. The van der Waals surface area contributed by atoms with Crippen molar-refractivity contribution in [3.8, 4) is 0 Å². The first-order valence-electron chi connectivity index (χ1n) is 7.73. The number of halogens is 1. The molecule has 1 aliphatic rings. The highest BCUT2D eigenvalue weighted by atomic mass is 127. The van der Waals surface area contributed by atoms with Crippen LogP contribution < -0.4 is 0 Å². The van der Waals surface area contributed by atoms with Crippen LogP contribution in [0.4, 0.5) is 0 Å². The van der Waals surface area contributed by atoms with Crippen LogP contribution in [0.1, 0.15) is 13.8 Å². The van der Waals surface area contributed by atoms with Gasteiger partial charge in [-0.1, -0.05) is 6.92 Å². The summed E-state index contributed by atoms with van der Waals surface area (Å²) in [6, 6.07) is 0. The number of aliphatic hydroxyl groups excluding tert-OH is 1. The zero-order chi connectivity index (χ0) is 15.0. The molecule has 1 saturated heterocycles. The van der Waals surface area contributed by atoms with Crippen LogP contribution in [0.5, 0.6) is 0 Å². The number of rotatable bonds is 3. The Morgan fingerprint density at radius 3 is 2.00 bits per heavy atom. The molecule has 1 fully saturated rings. The fourth-order valence-electron chi connectivity index (χ4n) is 2.44. The molecule has 1 atom stereocenters. The summed E-state index contributed by atoms with van der Waals surface area (Å²) in [5.41, 5.74) is 0. The number of aliphatic hydroxyl groups is 1. The van der Waals surface area contributed by atoms with Crippen molar-refractivity contribution in [2.75, 3.05) is 72.5 Å². The molecule has 0 saturated carbocycles. The Labute approximate surface area is 138 Å². The van der Waals surface area contributed by atoms with E-state index in [2.05, 4.69) is 54.6 Å². The molecule has 1 rings (SSSR count). The number of β-amino-alcohol motifs (C(OH)–C–C–N with tert-alkyl or cyclic N) is 1. The van der Waals surface area contributed by atoms with Gasteiger partial charge in [-0.05, 0) is 20.5 Å². The molecule has 0 aliphatic carbocycles. The second-order valence-corrected chi connectivity index (χ2v) is 7.16. The number of likely N-dealkylation sites (N-methyl/N-ethyl adjacent to an activating group) is 2. The maximum atomic E-state index is 9.61. The summed E-state index contributed by atoms with van der Waals surface area (Å²) >= 11 is 2.43. The highest BCUT2D eigenvalue weighted by Crippen LogP contribution is 2.03. The van der Waals surface area contributed by atoms with Gasteiger partial charge in [0.2, 0.25) is 0 Å². The van der Waals surface area contributed by atoms with Crippen molar-refractivity contribution in [3.63, 3.8) is 0 Å². The molecule has 0 spiro atoms. The highest BCUT2D eigenvalue weighted by Gasteiger charge is 2.14. The molecule has 20 heavy (non-hydrogen) atoms. The highest BCUT2D eigenvalue weighted by molar-refractivity contribution is 14.1. The number of hydrogen-bond donors (Lipinski definition) is 1. The second-order valence-electron chi connectivity index (χ2n) is 5.80. The molecule has 0 bridgehead atoms. The van der Waals surface area contributed by atoms with Crippen molar-refractivity contribution >= 4 is 22.9 Å². The van der Waals surface area contributed by atoms with Gasteiger partial charge in [0.25, 0.3) is 0 Å².